The number of aromatic nitrogens is 2. The number of anilines is 3. The number of rotatable bonds is 8. The fourth-order valence-electron chi connectivity index (χ4n) is 3.85. The van der Waals surface area contributed by atoms with E-state index < -0.39 is 0 Å². The normalized spacial score (nSPS) is 13.6. The fourth-order valence-corrected chi connectivity index (χ4v) is 4.60. The van der Waals surface area contributed by atoms with Gasteiger partial charge < -0.3 is 25.4 Å². The second-order valence-corrected chi connectivity index (χ2v) is 9.29. The number of ether oxygens (including phenoxy) is 2. The number of amides is 2. The Kier molecular flexibility index (Phi) is 7.38. The molecule has 2 aromatic heterocycles. The Morgan fingerprint density at radius 3 is 2.65 bits per heavy atom. The SMILES string of the molecule is C=CC(=O)Nc1cccc(Oc2nc(Nc3ccc(C(=O)NC4CCOCC4)cc3)nc3ccsc23)c1. The second kappa shape index (κ2) is 11.2. The zero-order valence-corrected chi connectivity index (χ0v) is 20.7. The van der Waals surface area contributed by atoms with Crippen molar-refractivity contribution in [3.8, 4) is 11.6 Å². The highest BCUT2D eigenvalue weighted by Crippen LogP contribution is 2.33. The summed E-state index contributed by atoms with van der Waals surface area (Å²) in [5.74, 6) is 0.856. The lowest BCUT2D eigenvalue weighted by atomic mass is 10.1. The molecule has 0 radical (unpaired) electrons. The van der Waals surface area contributed by atoms with Crippen LogP contribution in [0.4, 0.5) is 17.3 Å². The van der Waals surface area contributed by atoms with Gasteiger partial charge in [0, 0.05) is 42.3 Å². The standard InChI is InChI=1S/C27H25N5O4S/c1-2-23(33)28-20-4-3-5-21(16-20)36-26-24-22(12-15-37-24)31-27(32-26)30-18-8-6-17(7-9-18)25(34)29-19-10-13-35-14-11-19/h2-9,12,15-16,19H,1,10-11,13-14H2,(H,28,33)(H,29,34)(H,30,31,32). The van der Waals surface area contributed by atoms with E-state index >= 15 is 0 Å². The van der Waals surface area contributed by atoms with Crippen LogP contribution in [0, 0.1) is 0 Å². The van der Waals surface area contributed by atoms with Gasteiger partial charge in [-0.2, -0.15) is 4.98 Å². The Bertz CT molecular complexity index is 1430. The summed E-state index contributed by atoms with van der Waals surface area (Å²) in [7, 11) is 0. The van der Waals surface area contributed by atoms with Gasteiger partial charge in [0.15, 0.2) is 0 Å². The Morgan fingerprint density at radius 1 is 1.05 bits per heavy atom. The minimum absolute atomic E-state index is 0.100. The molecule has 0 unspecified atom stereocenters. The molecule has 188 valence electrons. The van der Waals surface area contributed by atoms with Crippen molar-refractivity contribution in [3.63, 3.8) is 0 Å². The molecular weight excluding hydrogens is 490 g/mol. The first-order valence-corrected chi connectivity index (χ1v) is 12.7. The van der Waals surface area contributed by atoms with E-state index in [-0.39, 0.29) is 17.9 Å². The molecule has 2 aromatic carbocycles. The van der Waals surface area contributed by atoms with E-state index in [4.69, 9.17) is 9.47 Å². The summed E-state index contributed by atoms with van der Waals surface area (Å²) in [5, 5.41) is 10.9. The molecule has 0 saturated carbocycles. The molecule has 5 rings (SSSR count). The molecule has 9 nitrogen and oxygen atoms in total. The predicted molar refractivity (Wildman–Crippen MR) is 144 cm³/mol. The van der Waals surface area contributed by atoms with Crippen LogP contribution >= 0.6 is 11.3 Å². The number of carbonyl (C=O) groups is 2. The van der Waals surface area contributed by atoms with Crippen LogP contribution in [0.1, 0.15) is 23.2 Å². The van der Waals surface area contributed by atoms with E-state index in [0.29, 0.717) is 42.0 Å². The maximum absolute atomic E-state index is 12.6. The highest BCUT2D eigenvalue weighted by Gasteiger charge is 2.17. The molecule has 1 fully saturated rings. The van der Waals surface area contributed by atoms with Gasteiger partial charge in [-0.05, 0) is 66.8 Å². The zero-order valence-electron chi connectivity index (χ0n) is 19.9. The molecule has 1 aliphatic heterocycles. The summed E-state index contributed by atoms with van der Waals surface area (Å²) >= 11 is 1.47. The number of thiophene rings is 1. The molecule has 4 aromatic rings. The van der Waals surface area contributed by atoms with E-state index in [9.17, 15) is 9.59 Å². The van der Waals surface area contributed by atoms with E-state index in [2.05, 4.69) is 32.5 Å². The number of nitrogens with one attached hydrogen (secondary N) is 3. The van der Waals surface area contributed by atoms with Crippen LogP contribution in [-0.2, 0) is 9.53 Å². The van der Waals surface area contributed by atoms with Gasteiger partial charge in [0.1, 0.15) is 10.4 Å². The maximum atomic E-state index is 12.6. The first kappa shape index (κ1) is 24.4. The third kappa shape index (κ3) is 6.11. The summed E-state index contributed by atoms with van der Waals surface area (Å²) < 4.78 is 12.2. The minimum atomic E-state index is -0.307. The van der Waals surface area contributed by atoms with Crippen molar-refractivity contribution in [2.45, 2.75) is 18.9 Å². The van der Waals surface area contributed by atoms with Crippen LogP contribution in [0.2, 0.25) is 0 Å². The lowest BCUT2D eigenvalue weighted by Crippen LogP contribution is -2.38. The van der Waals surface area contributed by atoms with E-state index in [1.165, 1.54) is 17.4 Å². The zero-order chi connectivity index (χ0) is 25.6. The number of fused-ring (bicyclic) bond motifs is 1. The molecule has 3 N–H and O–H groups in total. The van der Waals surface area contributed by atoms with Crippen LogP contribution in [0.5, 0.6) is 11.6 Å². The van der Waals surface area contributed by atoms with Gasteiger partial charge in [-0.1, -0.05) is 12.6 Å². The lowest BCUT2D eigenvalue weighted by Gasteiger charge is -2.23. The van der Waals surface area contributed by atoms with Crippen LogP contribution in [0.3, 0.4) is 0 Å². The quantitative estimate of drug-likeness (QED) is 0.274. The summed E-state index contributed by atoms with van der Waals surface area (Å²) in [6.07, 6.45) is 2.86. The van der Waals surface area contributed by atoms with Crippen molar-refractivity contribution >= 4 is 50.7 Å². The van der Waals surface area contributed by atoms with Gasteiger partial charge in [-0.25, -0.2) is 4.98 Å². The predicted octanol–water partition coefficient (Wildman–Crippen LogP) is 5.26. The van der Waals surface area contributed by atoms with Crippen molar-refractivity contribution in [3.05, 3.63) is 78.2 Å². The number of hydrogen-bond acceptors (Lipinski definition) is 8. The first-order valence-electron chi connectivity index (χ1n) is 11.8. The second-order valence-electron chi connectivity index (χ2n) is 8.37. The Hall–Kier alpha value is -4.28. The summed E-state index contributed by atoms with van der Waals surface area (Å²) in [6.45, 7) is 4.81. The van der Waals surface area contributed by atoms with Gasteiger partial charge in [0.25, 0.3) is 5.91 Å². The van der Waals surface area contributed by atoms with Crippen LogP contribution in [0.25, 0.3) is 10.2 Å². The van der Waals surface area contributed by atoms with Gasteiger partial charge in [-0.15, -0.1) is 11.3 Å². The minimum Gasteiger partial charge on any atom is -0.437 e. The number of benzene rings is 2. The Balaban J connectivity index is 1.31. The molecule has 3 heterocycles. The molecule has 1 aliphatic rings. The fraction of sp³-hybridized carbons (Fsp3) is 0.185. The third-order valence-electron chi connectivity index (χ3n) is 5.73. The molecule has 0 aliphatic carbocycles. The topological polar surface area (TPSA) is 114 Å². The molecule has 1 saturated heterocycles. The monoisotopic (exact) mass is 515 g/mol. The Labute approximate surface area is 217 Å². The van der Waals surface area contributed by atoms with Crippen molar-refractivity contribution in [1.82, 2.24) is 15.3 Å². The first-order chi connectivity index (χ1) is 18.1. The largest absolute Gasteiger partial charge is 0.437 e. The number of carbonyl (C=O) groups excluding carboxylic acids is 2. The average Bonchev–Trinajstić information content (AvgIpc) is 3.39. The molecule has 0 atom stereocenters. The average molecular weight is 516 g/mol. The van der Waals surface area contributed by atoms with Gasteiger partial charge in [0.05, 0.1) is 5.52 Å². The van der Waals surface area contributed by atoms with E-state index in [1.807, 2.05) is 23.6 Å². The molecular formula is C27H25N5O4S. The third-order valence-corrected chi connectivity index (χ3v) is 6.63. The maximum Gasteiger partial charge on any atom is 0.251 e. The highest BCUT2D eigenvalue weighted by molar-refractivity contribution is 7.17. The van der Waals surface area contributed by atoms with Crippen molar-refractivity contribution in [2.75, 3.05) is 23.8 Å². The molecule has 10 heteroatoms. The van der Waals surface area contributed by atoms with Gasteiger partial charge >= 0.3 is 0 Å². The van der Waals surface area contributed by atoms with Crippen LogP contribution < -0.4 is 20.7 Å². The number of hydrogen-bond donors (Lipinski definition) is 3. The van der Waals surface area contributed by atoms with Crippen LogP contribution in [0.15, 0.2) is 72.6 Å². The van der Waals surface area contributed by atoms with Gasteiger partial charge in [0.2, 0.25) is 17.7 Å². The van der Waals surface area contributed by atoms with Crippen LogP contribution in [-0.4, -0.2) is 41.0 Å². The van der Waals surface area contributed by atoms with Crippen molar-refractivity contribution < 1.29 is 19.1 Å². The Morgan fingerprint density at radius 2 is 1.86 bits per heavy atom. The van der Waals surface area contributed by atoms with Crippen molar-refractivity contribution in [2.24, 2.45) is 0 Å². The molecule has 0 spiro atoms. The molecule has 0 bridgehead atoms. The molecule has 2 amide bonds. The number of nitrogens with zero attached hydrogens (tertiary/aromatic N) is 2. The summed E-state index contributed by atoms with van der Waals surface area (Å²) in [6, 6.07) is 16.2. The van der Waals surface area contributed by atoms with E-state index in [0.717, 1.165) is 28.7 Å². The van der Waals surface area contributed by atoms with Crippen molar-refractivity contribution in [1.29, 1.82) is 0 Å². The summed E-state index contributed by atoms with van der Waals surface area (Å²) in [4.78, 5) is 33.4. The van der Waals surface area contributed by atoms with Gasteiger partial charge in [-0.3, -0.25) is 9.59 Å². The highest BCUT2D eigenvalue weighted by atomic mass is 32.1. The van der Waals surface area contributed by atoms with E-state index in [1.54, 1.807) is 36.4 Å². The lowest BCUT2D eigenvalue weighted by molar-refractivity contribution is -0.111. The summed E-state index contributed by atoms with van der Waals surface area (Å²) in [5.41, 5.74) is 2.63. The smallest absolute Gasteiger partial charge is 0.251 e. The molecule has 37 heavy (non-hydrogen) atoms.